The fourth-order valence-corrected chi connectivity index (χ4v) is 2.84. The van der Waals surface area contributed by atoms with E-state index in [1.54, 1.807) is 5.51 Å². The lowest BCUT2D eigenvalue weighted by molar-refractivity contribution is -0.274. The molecule has 128 valence electrons. The third-order valence-corrected chi connectivity index (χ3v) is 3.99. The molecule has 1 heterocycles. The van der Waals surface area contributed by atoms with Crippen molar-refractivity contribution >= 4 is 22.9 Å². The summed E-state index contributed by atoms with van der Waals surface area (Å²) in [4.78, 5) is 17.1. The van der Waals surface area contributed by atoms with Gasteiger partial charge < -0.3 is 10.1 Å². The highest BCUT2D eigenvalue weighted by Gasteiger charge is 2.31. The van der Waals surface area contributed by atoms with Crippen LogP contribution in [0.4, 0.5) is 18.9 Å². The van der Waals surface area contributed by atoms with Gasteiger partial charge in [-0.25, -0.2) is 4.98 Å². The Labute approximate surface area is 144 Å². The van der Waals surface area contributed by atoms with Gasteiger partial charge in [-0.05, 0) is 24.3 Å². The molecule has 4 nitrogen and oxygen atoms in total. The monoisotopic (exact) mass is 364 g/mol. The van der Waals surface area contributed by atoms with Crippen molar-refractivity contribution in [1.29, 1.82) is 0 Å². The minimum atomic E-state index is -4.75. The number of aromatic nitrogens is 1. The van der Waals surface area contributed by atoms with Crippen molar-refractivity contribution in [2.24, 2.45) is 0 Å². The number of nitrogens with one attached hydrogen (secondary N) is 1. The molecule has 0 spiro atoms. The Morgan fingerprint density at radius 2 is 1.72 bits per heavy atom. The number of carbonyl (C=O) groups excluding carboxylic acids is 1. The molecule has 2 aromatic carbocycles. The van der Waals surface area contributed by atoms with E-state index < -0.39 is 6.36 Å². The number of thiazole rings is 1. The van der Waals surface area contributed by atoms with Gasteiger partial charge >= 0.3 is 6.36 Å². The number of halogens is 3. The van der Waals surface area contributed by atoms with Gasteiger partial charge in [0.2, 0.25) is 0 Å². The molecule has 0 fully saturated rings. The first-order chi connectivity index (χ1) is 11.9. The Balaban J connectivity index is 1.74. The first-order valence-corrected chi connectivity index (χ1v) is 7.96. The van der Waals surface area contributed by atoms with E-state index in [1.807, 2.05) is 30.3 Å². The number of amides is 1. The van der Waals surface area contributed by atoms with E-state index in [2.05, 4.69) is 15.0 Å². The van der Waals surface area contributed by atoms with Gasteiger partial charge in [0.1, 0.15) is 10.6 Å². The van der Waals surface area contributed by atoms with Crippen LogP contribution in [0.2, 0.25) is 0 Å². The number of anilines is 1. The molecule has 0 atom stereocenters. The van der Waals surface area contributed by atoms with Crippen molar-refractivity contribution in [3.8, 4) is 17.0 Å². The van der Waals surface area contributed by atoms with E-state index in [1.165, 1.54) is 23.5 Å². The van der Waals surface area contributed by atoms with Crippen LogP contribution in [0.1, 0.15) is 9.67 Å². The Morgan fingerprint density at radius 3 is 2.36 bits per heavy atom. The summed E-state index contributed by atoms with van der Waals surface area (Å²) in [5.41, 5.74) is 3.28. The summed E-state index contributed by atoms with van der Waals surface area (Å²) in [6.45, 7) is 0. The molecule has 8 heteroatoms. The van der Waals surface area contributed by atoms with Gasteiger partial charge in [-0.2, -0.15) is 0 Å². The molecule has 0 unspecified atom stereocenters. The zero-order chi connectivity index (χ0) is 17.9. The van der Waals surface area contributed by atoms with E-state index in [0.29, 0.717) is 16.3 Å². The summed E-state index contributed by atoms with van der Waals surface area (Å²) in [6.07, 6.45) is -4.75. The smallest absolute Gasteiger partial charge is 0.406 e. The van der Waals surface area contributed by atoms with E-state index in [4.69, 9.17) is 0 Å². The molecule has 3 aromatic rings. The maximum Gasteiger partial charge on any atom is 0.573 e. The summed E-state index contributed by atoms with van der Waals surface area (Å²) in [5.74, 6) is -0.737. The zero-order valence-corrected chi connectivity index (χ0v) is 13.4. The highest BCUT2D eigenvalue weighted by atomic mass is 32.1. The second-order valence-electron chi connectivity index (χ2n) is 4.92. The predicted octanol–water partition coefficient (Wildman–Crippen LogP) is 4.96. The summed E-state index contributed by atoms with van der Waals surface area (Å²) in [7, 11) is 0. The molecule has 25 heavy (non-hydrogen) atoms. The van der Waals surface area contributed by atoms with Crippen molar-refractivity contribution in [2.75, 3.05) is 5.32 Å². The van der Waals surface area contributed by atoms with Gasteiger partial charge in [-0.1, -0.05) is 30.3 Å². The van der Waals surface area contributed by atoms with Crippen LogP contribution in [-0.4, -0.2) is 17.3 Å². The Kier molecular flexibility index (Phi) is 4.71. The SMILES string of the molecule is O=C(Nc1ccc(OC(F)(F)F)cc1)c1scnc1-c1ccccc1. The molecule has 0 aliphatic rings. The third kappa shape index (κ3) is 4.36. The van der Waals surface area contributed by atoms with E-state index in [-0.39, 0.29) is 11.7 Å². The number of alkyl halides is 3. The number of ether oxygens (including phenoxy) is 1. The number of rotatable bonds is 4. The molecule has 0 aliphatic heterocycles. The van der Waals surface area contributed by atoms with Gasteiger partial charge in [0, 0.05) is 11.3 Å². The molecule has 1 aromatic heterocycles. The maximum atomic E-state index is 12.4. The third-order valence-electron chi connectivity index (χ3n) is 3.17. The predicted molar refractivity (Wildman–Crippen MR) is 88.6 cm³/mol. The van der Waals surface area contributed by atoms with Crippen molar-refractivity contribution in [1.82, 2.24) is 4.98 Å². The minimum Gasteiger partial charge on any atom is -0.406 e. The van der Waals surface area contributed by atoms with Crippen LogP contribution in [0, 0.1) is 0 Å². The molecular weight excluding hydrogens is 353 g/mol. The molecule has 0 bridgehead atoms. The number of nitrogens with zero attached hydrogens (tertiary/aromatic N) is 1. The topological polar surface area (TPSA) is 51.2 Å². The average molecular weight is 364 g/mol. The fraction of sp³-hybridized carbons (Fsp3) is 0.0588. The number of hydrogen-bond acceptors (Lipinski definition) is 4. The van der Waals surface area contributed by atoms with Crippen molar-refractivity contribution in [3.63, 3.8) is 0 Å². The van der Waals surface area contributed by atoms with E-state index in [9.17, 15) is 18.0 Å². The molecule has 0 saturated carbocycles. The van der Waals surface area contributed by atoms with Gasteiger partial charge in [0.25, 0.3) is 5.91 Å². The summed E-state index contributed by atoms with van der Waals surface area (Å²) < 4.78 is 40.2. The van der Waals surface area contributed by atoms with Gasteiger partial charge in [0.05, 0.1) is 11.2 Å². The lowest BCUT2D eigenvalue weighted by Crippen LogP contribution is -2.17. The summed E-state index contributed by atoms with van der Waals surface area (Å²) >= 11 is 1.19. The largest absolute Gasteiger partial charge is 0.573 e. The lowest BCUT2D eigenvalue weighted by Gasteiger charge is -2.10. The molecule has 0 radical (unpaired) electrons. The van der Waals surface area contributed by atoms with Gasteiger partial charge in [-0.15, -0.1) is 24.5 Å². The van der Waals surface area contributed by atoms with Crippen LogP contribution in [0.25, 0.3) is 11.3 Å². The molecule has 0 aliphatic carbocycles. The van der Waals surface area contributed by atoms with E-state index in [0.717, 1.165) is 17.7 Å². The maximum absolute atomic E-state index is 12.4. The second kappa shape index (κ2) is 6.94. The number of hydrogen-bond donors (Lipinski definition) is 1. The second-order valence-corrected chi connectivity index (χ2v) is 5.78. The zero-order valence-electron chi connectivity index (χ0n) is 12.6. The summed E-state index contributed by atoms with van der Waals surface area (Å²) in [5, 5.41) is 2.64. The standard InChI is InChI=1S/C17H11F3N2O2S/c18-17(19,20)24-13-8-6-12(7-9-13)22-16(23)15-14(21-10-25-15)11-4-2-1-3-5-11/h1-10H,(H,22,23). The van der Waals surface area contributed by atoms with Crippen LogP contribution >= 0.6 is 11.3 Å². The Bertz CT molecular complexity index is 862. The molecule has 1 N–H and O–H groups in total. The van der Waals surface area contributed by atoms with Crippen LogP contribution in [0.3, 0.4) is 0 Å². The van der Waals surface area contributed by atoms with Crippen molar-refractivity contribution in [2.45, 2.75) is 6.36 Å². The lowest BCUT2D eigenvalue weighted by atomic mass is 10.1. The van der Waals surface area contributed by atoms with Crippen molar-refractivity contribution < 1.29 is 22.7 Å². The molecular formula is C17H11F3N2O2S. The van der Waals surface area contributed by atoms with Crippen LogP contribution in [-0.2, 0) is 0 Å². The van der Waals surface area contributed by atoms with Gasteiger partial charge in [-0.3, -0.25) is 4.79 Å². The Hall–Kier alpha value is -2.87. The molecule has 3 rings (SSSR count). The molecule has 1 amide bonds. The minimum absolute atomic E-state index is 0.353. The number of carbonyl (C=O) groups is 1. The first-order valence-electron chi connectivity index (χ1n) is 7.08. The van der Waals surface area contributed by atoms with Crippen LogP contribution in [0.5, 0.6) is 5.75 Å². The molecule has 0 saturated heterocycles. The van der Waals surface area contributed by atoms with E-state index >= 15 is 0 Å². The normalized spacial score (nSPS) is 11.2. The fourth-order valence-electron chi connectivity index (χ4n) is 2.14. The average Bonchev–Trinajstić information content (AvgIpc) is 3.06. The quantitative estimate of drug-likeness (QED) is 0.712. The van der Waals surface area contributed by atoms with Crippen molar-refractivity contribution in [3.05, 3.63) is 65.0 Å². The van der Waals surface area contributed by atoms with Gasteiger partial charge in [0.15, 0.2) is 0 Å². The first kappa shape index (κ1) is 17.0. The highest BCUT2D eigenvalue weighted by molar-refractivity contribution is 7.12. The Morgan fingerprint density at radius 1 is 1.04 bits per heavy atom. The number of benzene rings is 2. The summed E-state index contributed by atoms with van der Waals surface area (Å²) in [6, 6.07) is 14.2. The highest BCUT2D eigenvalue weighted by Crippen LogP contribution is 2.27. The van der Waals surface area contributed by atoms with Crippen LogP contribution < -0.4 is 10.1 Å². The van der Waals surface area contributed by atoms with Crippen LogP contribution in [0.15, 0.2) is 60.1 Å².